The van der Waals surface area contributed by atoms with Gasteiger partial charge in [0.1, 0.15) is 5.82 Å². The monoisotopic (exact) mass is 292 g/mol. The molecule has 2 rings (SSSR count). The molecule has 0 unspecified atom stereocenters. The Morgan fingerprint density at radius 2 is 2.05 bits per heavy atom. The van der Waals surface area contributed by atoms with Gasteiger partial charge in [0.2, 0.25) is 0 Å². The second-order valence-corrected chi connectivity index (χ2v) is 6.81. The van der Waals surface area contributed by atoms with E-state index in [2.05, 4.69) is 53.9 Å². The molecule has 0 aliphatic heterocycles. The molecule has 0 bridgehead atoms. The standard InChI is InChI=1S/C17H32N4/c1-5-16-18-11-12-21(16)13-15(2)19-14-17(20(3)4)9-7-6-8-10-17/h11-12,15,19H,5-10,13-14H2,1-4H3/t15-/m1/s1. The second kappa shape index (κ2) is 7.41. The predicted molar refractivity (Wildman–Crippen MR) is 88.6 cm³/mol. The van der Waals surface area contributed by atoms with Gasteiger partial charge in [-0.05, 0) is 33.9 Å². The summed E-state index contributed by atoms with van der Waals surface area (Å²) in [5, 5.41) is 3.77. The highest BCUT2D eigenvalue weighted by molar-refractivity contribution is 4.95. The number of rotatable bonds is 7. The van der Waals surface area contributed by atoms with E-state index in [1.165, 1.54) is 37.9 Å². The molecule has 4 nitrogen and oxygen atoms in total. The van der Waals surface area contributed by atoms with Crippen molar-refractivity contribution < 1.29 is 0 Å². The number of aryl methyl sites for hydroxylation is 1. The molecule has 0 radical (unpaired) electrons. The summed E-state index contributed by atoms with van der Waals surface area (Å²) in [6.07, 6.45) is 11.8. The number of nitrogens with one attached hydrogen (secondary N) is 1. The highest BCUT2D eigenvalue weighted by Crippen LogP contribution is 2.31. The number of likely N-dealkylation sites (N-methyl/N-ethyl adjacent to an activating group) is 1. The maximum atomic E-state index is 4.41. The van der Waals surface area contributed by atoms with Crippen LogP contribution in [0.3, 0.4) is 0 Å². The van der Waals surface area contributed by atoms with E-state index in [1.54, 1.807) is 0 Å². The van der Waals surface area contributed by atoms with Crippen molar-refractivity contribution in [2.75, 3.05) is 20.6 Å². The van der Waals surface area contributed by atoms with Crippen LogP contribution in [-0.2, 0) is 13.0 Å². The van der Waals surface area contributed by atoms with Crippen molar-refractivity contribution in [3.05, 3.63) is 18.2 Å². The van der Waals surface area contributed by atoms with Crippen molar-refractivity contribution >= 4 is 0 Å². The Morgan fingerprint density at radius 3 is 2.67 bits per heavy atom. The molecule has 1 aromatic rings. The fourth-order valence-corrected chi connectivity index (χ4v) is 3.54. The SMILES string of the molecule is CCc1nccn1C[C@@H](C)NCC1(N(C)C)CCCCC1. The van der Waals surface area contributed by atoms with E-state index in [4.69, 9.17) is 0 Å². The van der Waals surface area contributed by atoms with Crippen molar-refractivity contribution in [1.82, 2.24) is 19.8 Å². The Bertz CT molecular complexity index is 418. The van der Waals surface area contributed by atoms with Crippen LogP contribution in [0.15, 0.2) is 12.4 Å². The molecular weight excluding hydrogens is 260 g/mol. The molecule has 1 fully saturated rings. The van der Waals surface area contributed by atoms with E-state index >= 15 is 0 Å². The Kier molecular flexibility index (Phi) is 5.82. The van der Waals surface area contributed by atoms with Crippen molar-refractivity contribution in [1.29, 1.82) is 0 Å². The van der Waals surface area contributed by atoms with Gasteiger partial charge in [0, 0.05) is 43.5 Å². The summed E-state index contributed by atoms with van der Waals surface area (Å²) in [7, 11) is 4.48. The highest BCUT2D eigenvalue weighted by Gasteiger charge is 2.34. The smallest absolute Gasteiger partial charge is 0.108 e. The number of hydrogen-bond acceptors (Lipinski definition) is 3. The average molecular weight is 292 g/mol. The summed E-state index contributed by atoms with van der Waals surface area (Å²) in [6.45, 7) is 6.55. The largest absolute Gasteiger partial charge is 0.333 e. The Balaban J connectivity index is 1.88. The molecule has 1 aliphatic rings. The van der Waals surface area contributed by atoms with Crippen LogP contribution in [0.2, 0.25) is 0 Å². The summed E-state index contributed by atoms with van der Waals surface area (Å²) >= 11 is 0. The van der Waals surface area contributed by atoms with E-state index in [0.29, 0.717) is 11.6 Å². The molecule has 1 heterocycles. The summed E-state index contributed by atoms with van der Waals surface area (Å²) in [5.41, 5.74) is 0.356. The maximum absolute atomic E-state index is 4.41. The Morgan fingerprint density at radius 1 is 1.33 bits per heavy atom. The molecule has 0 spiro atoms. The van der Waals surface area contributed by atoms with Gasteiger partial charge in [-0.25, -0.2) is 4.98 Å². The van der Waals surface area contributed by atoms with Crippen molar-refractivity contribution in [3.63, 3.8) is 0 Å². The molecule has 4 heteroatoms. The molecule has 1 atom stereocenters. The lowest BCUT2D eigenvalue weighted by molar-refractivity contribution is 0.0950. The molecule has 21 heavy (non-hydrogen) atoms. The number of nitrogens with zero attached hydrogens (tertiary/aromatic N) is 3. The van der Waals surface area contributed by atoms with E-state index in [1.807, 2.05) is 6.20 Å². The number of aromatic nitrogens is 2. The molecule has 120 valence electrons. The molecule has 1 aliphatic carbocycles. The van der Waals surface area contributed by atoms with Gasteiger partial charge in [0.25, 0.3) is 0 Å². The van der Waals surface area contributed by atoms with E-state index in [-0.39, 0.29) is 0 Å². The number of imidazole rings is 1. The molecule has 0 saturated heterocycles. The van der Waals surface area contributed by atoms with Gasteiger partial charge in [0.15, 0.2) is 0 Å². The van der Waals surface area contributed by atoms with E-state index in [9.17, 15) is 0 Å². The van der Waals surface area contributed by atoms with Crippen LogP contribution in [0.5, 0.6) is 0 Å². The van der Waals surface area contributed by atoms with Crippen molar-refractivity contribution in [3.8, 4) is 0 Å². The van der Waals surface area contributed by atoms with Gasteiger partial charge >= 0.3 is 0 Å². The minimum absolute atomic E-state index is 0.356. The van der Waals surface area contributed by atoms with E-state index < -0.39 is 0 Å². The highest BCUT2D eigenvalue weighted by atomic mass is 15.2. The first-order valence-corrected chi connectivity index (χ1v) is 8.48. The third-order valence-electron chi connectivity index (χ3n) is 5.10. The molecule has 0 amide bonds. The molecule has 0 aromatic carbocycles. The Hall–Kier alpha value is -0.870. The molecule has 1 saturated carbocycles. The minimum atomic E-state index is 0.356. The van der Waals surface area contributed by atoms with Crippen molar-refractivity contribution in [2.45, 2.75) is 70.5 Å². The summed E-state index contributed by atoms with van der Waals surface area (Å²) in [5.74, 6) is 1.18. The zero-order chi connectivity index (χ0) is 15.3. The fourth-order valence-electron chi connectivity index (χ4n) is 3.54. The van der Waals surface area contributed by atoms with Gasteiger partial charge in [-0.15, -0.1) is 0 Å². The van der Waals surface area contributed by atoms with Gasteiger partial charge in [-0.1, -0.05) is 26.2 Å². The fraction of sp³-hybridized carbons (Fsp3) is 0.824. The second-order valence-electron chi connectivity index (χ2n) is 6.81. The van der Waals surface area contributed by atoms with Crippen LogP contribution in [0.4, 0.5) is 0 Å². The number of hydrogen-bond donors (Lipinski definition) is 1. The third kappa shape index (κ3) is 4.07. The lowest BCUT2D eigenvalue weighted by atomic mass is 9.80. The average Bonchev–Trinajstić information content (AvgIpc) is 2.93. The summed E-state index contributed by atoms with van der Waals surface area (Å²) in [6, 6.07) is 0.475. The van der Waals surface area contributed by atoms with Gasteiger partial charge < -0.3 is 14.8 Å². The normalized spacial score (nSPS) is 19.9. The molecular formula is C17H32N4. The summed E-state index contributed by atoms with van der Waals surface area (Å²) in [4.78, 5) is 6.85. The van der Waals surface area contributed by atoms with Crippen LogP contribution in [0.1, 0.15) is 51.8 Å². The van der Waals surface area contributed by atoms with Crippen LogP contribution in [0.25, 0.3) is 0 Å². The Labute approximate surface area is 129 Å². The zero-order valence-electron chi connectivity index (χ0n) is 14.2. The van der Waals surface area contributed by atoms with Crippen LogP contribution < -0.4 is 5.32 Å². The molecule has 1 N–H and O–H groups in total. The predicted octanol–water partition coefficient (Wildman–Crippen LogP) is 2.69. The summed E-state index contributed by atoms with van der Waals surface area (Å²) < 4.78 is 2.28. The van der Waals surface area contributed by atoms with Crippen molar-refractivity contribution in [2.24, 2.45) is 0 Å². The van der Waals surface area contributed by atoms with Crippen LogP contribution in [0, 0.1) is 0 Å². The van der Waals surface area contributed by atoms with E-state index in [0.717, 1.165) is 19.5 Å². The van der Waals surface area contributed by atoms with Gasteiger partial charge in [-0.2, -0.15) is 0 Å². The minimum Gasteiger partial charge on any atom is -0.333 e. The van der Waals surface area contributed by atoms with Crippen LogP contribution in [-0.4, -0.2) is 46.7 Å². The topological polar surface area (TPSA) is 33.1 Å². The lowest BCUT2D eigenvalue weighted by Crippen LogP contribution is -2.54. The third-order valence-corrected chi connectivity index (χ3v) is 5.10. The zero-order valence-corrected chi connectivity index (χ0v) is 14.2. The lowest BCUT2D eigenvalue weighted by Gasteiger charge is -2.44. The molecule has 1 aromatic heterocycles. The van der Waals surface area contributed by atoms with Gasteiger partial charge in [-0.3, -0.25) is 0 Å². The first-order chi connectivity index (χ1) is 10.1. The maximum Gasteiger partial charge on any atom is 0.108 e. The van der Waals surface area contributed by atoms with Crippen LogP contribution >= 0.6 is 0 Å². The first kappa shape index (κ1) is 16.5. The van der Waals surface area contributed by atoms with Gasteiger partial charge in [0.05, 0.1) is 0 Å². The quantitative estimate of drug-likeness (QED) is 0.839. The first-order valence-electron chi connectivity index (χ1n) is 8.48.